The molecule has 0 radical (unpaired) electrons. The molecule has 0 amide bonds. The SMILES string of the molecule is COc1c(O)c2c(c(O)c1C(C)C)C(C=O)C1C(C)(C)CCCC21C. The van der Waals surface area contributed by atoms with Gasteiger partial charge in [0.2, 0.25) is 0 Å². The number of hydrogen-bond acceptors (Lipinski definition) is 4. The molecule has 25 heavy (non-hydrogen) atoms. The molecule has 3 rings (SSSR count). The normalized spacial score (nSPS) is 30.0. The van der Waals surface area contributed by atoms with E-state index in [-0.39, 0.29) is 34.2 Å². The first-order valence-corrected chi connectivity index (χ1v) is 9.23. The summed E-state index contributed by atoms with van der Waals surface area (Å²) in [5, 5.41) is 22.2. The van der Waals surface area contributed by atoms with E-state index in [4.69, 9.17) is 4.74 Å². The molecule has 138 valence electrons. The fourth-order valence-corrected chi connectivity index (χ4v) is 5.95. The van der Waals surface area contributed by atoms with Crippen LogP contribution in [0, 0.1) is 11.3 Å². The molecule has 0 saturated heterocycles. The lowest BCUT2D eigenvalue weighted by Gasteiger charge is -2.49. The van der Waals surface area contributed by atoms with Crippen molar-refractivity contribution >= 4 is 6.29 Å². The zero-order valence-electron chi connectivity index (χ0n) is 16.1. The van der Waals surface area contributed by atoms with Crippen LogP contribution < -0.4 is 4.74 Å². The van der Waals surface area contributed by atoms with Gasteiger partial charge in [-0.05, 0) is 30.1 Å². The van der Waals surface area contributed by atoms with Gasteiger partial charge < -0.3 is 19.7 Å². The van der Waals surface area contributed by atoms with E-state index in [9.17, 15) is 15.0 Å². The maximum atomic E-state index is 12.1. The number of benzene rings is 1. The molecule has 1 aromatic rings. The first-order chi connectivity index (χ1) is 11.6. The second kappa shape index (κ2) is 5.65. The molecule has 0 aliphatic heterocycles. The number of aldehydes is 1. The fraction of sp³-hybridized carbons (Fsp3) is 0.667. The number of carbonyl (C=O) groups is 1. The Hall–Kier alpha value is -1.71. The second-order valence-corrected chi connectivity index (χ2v) is 8.99. The van der Waals surface area contributed by atoms with Gasteiger partial charge in [0.25, 0.3) is 0 Å². The summed E-state index contributed by atoms with van der Waals surface area (Å²) in [5.74, 6) is 0.217. The van der Waals surface area contributed by atoms with Crippen LogP contribution in [-0.2, 0) is 10.2 Å². The first-order valence-electron chi connectivity index (χ1n) is 9.23. The van der Waals surface area contributed by atoms with E-state index < -0.39 is 5.92 Å². The molecule has 1 saturated carbocycles. The van der Waals surface area contributed by atoms with Crippen LogP contribution in [0.2, 0.25) is 0 Å². The molecule has 4 nitrogen and oxygen atoms in total. The van der Waals surface area contributed by atoms with E-state index in [2.05, 4.69) is 20.8 Å². The van der Waals surface area contributed by atoms with Crippen molar-refractivity contribution in [2.45, 2.75) is 71.1 Å². The van der Waals surface area contributed by atoms with Crippen molar-refractivity contribution in [2.75, 3.05) is 7.11 Å². The molecule has 3 unspecified atom stereocenters. The number of carbonyl (C=O) groups excluding carboxylic acids is 1. The van der Waals surface area contributed by atoms with Gasteiger partial charge in [0, 0.05) is 28.0 Å². The quantitative estimate of drug-likeness (QED) is 0.619. The minimum absolute atomic E-state index is 0.0260. The van der Waals surface area contributed by atoms with Crippen LogP contribution in [-0.4, -0.2) is 23.6 Å². The summed E-state index contributed by atoms with van der Waals surface area (Å²) < 4.78 is 5.49. The molecule has 0 heterocycles. The third kappa shape index (κ3) is 2.22. The van der Waals surface area contributed by atoms with Crippen molar-refractivity contribution in [1.82, 2.24) is 0 Å². The maximum Gasteiger partial charge on any atom is 0.167 e. The van der Waals surface area contributed by atoms with E-state index in [1.54, 1.807) is 0 Å². The van der Waals surface area contributed by atoms with Gasteiger partial charge in [0.1, 0.15) is 12.0 Å². The zero-order valence-corrected chi connectivity index (χ0v) is 16.1. The van der Waals surface area contributed by atoms with Crippen LogP contribution in [0.4, 0.5) is 0 Å². The van der Waals surface area contributed by atoms with E-state index in [1.807, 2.05) is 13.8 Å². The summed E-state index contributed by atoms with van der Waals surface area (Å²) >= 11 is 0. The van der Waals surface area contributed by atoms with Gasteiger partial charge in [-0.25, -0.2) is 0 Å². The first kappa shape index (κ1) is 18.1. The molecule has 0 bridgehead atoms. The van der Waals surface area contributed by atoms with Crippen LogP contribution in [0.5, 0.6) is 17.2 Å². The van der Waals surface area contributed by atoms with Gasteiger partial charge in [0.15, 0.2) is 11.5 Å². The Morgan fingerprint density at radius 2 is 1.80 bits per heavy atom. The van der Waals surface area contributed by atoms with E-state index >= 15 is 0 Å². The van der Waals surface area contributed by atoms with Crippen LogP contribution in [0.15, 0.2) is 0 Å². The third-order valence-corrected chi connectivity index (χ3v) is 6.71. The zero-order chi connectivity index (χ0) is 18.7. The molecule has 0 spiro atoms. The summed E-state index contributed by atoms with van der Waals surface area (Å²) in [6, 6.07) is 0. The minimum Gasteiger partial charge on any atom is -0.507 e. The van der Waals surface area contributed by atoms with Crippen LogP contribution in [0.3, 0.4) is 0 Å². The largest absolute Gasteiger partial charge is 0.507 e. The average Bonchev–Trinajstić information content (AvgIpc) is 2.80. The Morgan fingerprint density at radius 1 is 1.16 bits per heavy atom. The number of phenolic OH excluding ortho intramolecular Hbond substituents is 2. The number of rotatable bonds is 3. The number of aromatic hydroxyl groups is 2. The van der Waals surface area contributed by atoms with Crippen molar-refractivity contribution in [1.29, 1.82) is 0 Å². The Morgan fingerprint density at radius 3 is 2.32 bits per heavy atom. The number of phenols is 2. The fourth-order valence-electron chi connectivity index (χ4n) is 5.95. The van der Waals surface area contributed by atoms with E-state index in [0.29, 0.717) is 16.9 Å². The molecule has 3 atom stereocenters. The Kier molecular flexibility index (Phi) is 4.09. The Balaban J connectivity index is 2.41. The predicted molar refractivity (Wildman–Crippen MR) is 97.7 cm³/mol. The minimum atomic E-state index is -0.399. The molecule has 4 heteroatoms. The monoisotopic (exact) mass is 346 g/mol. The number of methoxy groups -OCH3 is 1. The summed E-state index contributed by atoms with van der Waals surface area (Å²) in [5.41, 5.74) is 1.56. The van der Waals surface area contributed by atoms with Gasteiger partial charge >= 0.3 is 0 Å². The van der Waals surface area contributed by atoms with Crippen molar-refractivity contribution < 1.29 is 19.7 Å². The Labute approximate surface area is 150 Å². The molecule has 2 aliphatic rings. The molecular weight excluding hydrogens is 316 g/mol. The summed E-state index contributed by atoms with van der Waals surface area (Å²) in [6.07, 6.45) is 3.95. The van der Waals surface area contributed by atoms with Gasteiger partial charge in [-0.15, -0.1) is 0 Å². The lowest BCUT2D eigenvalue weighted by Crippen LogP contribution is -2.44. The van der Waals surface area contributed by atoms with E-state index in [1.165, 1.54) is 7.11 Å². The van der Waals surface area contributed by atoms with E-state index in [0.717, 1.165) is 31.1 Å². The molecule has 1 fully saturated rings. The smallest absolute Gasteiger partial charge is 0.167 e. The molecule has 2 aliphatic carbocycles. The topological polar surface area (TPSA) is 66.8 Å². The highest BCUT2D eigenvalue weighted by atomic mass is 16.5. The van der Waals surface area contributed by atoms with Gasteiger partial charge in [-0.2, -0.15) is 0 Å². The van der Waals surface area contributed by atoms with Crippen molar-refractivity contribution in [3.63, 3.8) is 0 Å². The summed E-state index contributed by atoms with van der Waals surface area (Å²) in [6.45, 7) is 10.4. The van der Waals surface area contributed by atoms with Gasteiger partial charge in [-0.3, -0.25) is 0 Å². The van der Waals surface area contributed by atoms with Crippen molar-refractivity contribution in [3.05, 3.63) is 16.7 Å². The highest BCUT2D eigenvalue weighted by Crippen LogP contribution is 2.67. The summed E-state index contributed by atoms with van der Waals surface area (Å²) in [4.78, 5) is 12.1. The number of hydrogen-bond donors (Lipinski definition) is 2. The van der Waals surface area contributed by atoms with Crippen LogP contribution in [0.1, 0.15) is 82.4 Å². The standard InChI is InChI=1S/C21H30O4/c1-11(2)13-16(23)14-12(10-22)19-20(3,4)8-7-9-21(19,5)15(14)17(24)18(13)25-6/h10-12,19,23-24H,7-9H2,1-6H3. The van der Waals surface area contributed by atoms with Crippen molar-refractivity contribution in [3.8, 4) is 17.2 Å². The van der Waals surface area contributed by atoms with Crippen LogP contribution >= 0.6 is 0 Å². The lowest BCUT2D eigenvalue weighted by molar-refractivity contribution is -0.112. The average molecular weight is 346 g/mol. The second-order valence-electron chi connectivity index (χ2n) is 8.99. The Bertz CT molecular complexity index is 719. The molecule has 0 aromatic heterocycles. The predicted octanol–water partition coefficient (Wildman–Crippen LogP) is 4.61. The third-order valence-electron chi connectivity index (χ3n) is 6.71. The molecular formula is C21H30O4. The van der Waals surface area contributed by atoms with Crippen LogP contribution in [0.25, 0.3) is 0 Å². The lowest BCUT2D eigenvalue weighted by atomic mass is 9.55. The maximum absolute atomic E-state index is 12.1. The highest BCUT2D eigenvalue weighted by Gasteiger charge is 2.59. The van der Waals surface area contributed by atoms with Gasteiger partial charge in [0.05, 0.1) is 7.11 Å². The molecule has 2 N–H and O–H groups in total. The number of ether oxygens (including phenoxy) is 1. The highest BCUT2D eigenvalue weighted by molar-refractivity contribution is 5.77. The molecule has 1 aromatic carbocycles. The summed E-state index contributed by atoms with van der Waals surface area (Å²) in [7, 11) is 1.52. The van der Waals surface area contributed by atoms with Crippen molar-refractivity contribution in [2.24, 2.45) is 11.3 Å². The van der Waals surface area contributed by atoms with Gasteiger partial charge in [-0.1, -0.05) is 41.0 Å². The number of fused-ring (bicyclic) bond motifs is 3.